The summed E-state index contributed by atoms with van der Waals surface area (Å²) in [5.74, 6) is 0.790. The number of hydrogen-bond donors (Lipinski definition) is 0. The average Bonchev–Trinajstić information content (AvgIpc) is 2.96. The number of allylic oxidation sites excluding steroid dienone is 1. The molecule has 0 amide bonds. The van der Waals surface area contributed by atoms with Gasteiger partial charge in [-0.05, 0) is 42.5 Å². The highest BCUT2D eigenvalue weighted by molar-refractivity contribution is 8.17. The largest absolute Gasteiger partial charge is 0.317 e. The molecule has 0 atom stereocenters. The summed E-state index contributed by atoms with van der Waals surface area (Å²) in [4.78, 5) is 11.5. The maximum Gasteiger partial charge on any atom is 0.168 e. The van der Waals surface area contributed by atoms with Crippen molar-refractivity contribution in [1.82, 2.24) is 4.90 Å². The monoisotopic (exact) mass is 344 g/mol. The van der Waals surface area contributed by atoms with E-state index >= 15 is 0 Å². The summed E-state index contributed by atoms with van der Waals surface area (Å²) in [6, 6.07) is 9.04. The summed E-state index contributed by atoms with van der Waals surface area (Å²) in [7, 11) is 0. The Morgan fingerprint density at radius 3 is 3.05 bits per heavy atom. The zero-order valence-electron chi connectivity index (χ0n) is 12.3. The minimum absolute atomic E-state index is 0.790. The van der Waals surface area contributed by atoms with E-state index < -0.39 is 0 Å². The molecule has 3 heterocycles. The van der Waals surface area contributed by atoms with Crippen LogP contribution in [0.25, 0.3) is 15.8 Å². The van der Waals surface area contributed by atoms with Crippen LogP contribution in [0.5, 0.6) is 0 Å². The van der Waals surface area contributed by atoms with Crippen LogP contribution in [-0.4, -0.2) is 29.4 Å². The number of hydrogen-bond acceptors (Lipinski definition) is 5. The summed E-state index contributed by atoms with van der Waals surface area (Å²) >= 11 is 5.73. The first-order chi connectivity index (χ1) is 10.8. The van der Waals surface area contributed by atoms with Crippen LogP contribution in [0.3, 0.4) is 0 Å². The molecule has 0 radical (unpaired) electrons. The second-order valence-corrected chi connectivity index (χ2v) is 8.80. The zero-order valence-corrected chi connectivity index (χ0v) is 14.8. The van der Waals surface area contributed by atoms with Gasteiger partial charge in [-0.15, -0.1) is 23.1 Å². The predicted molar refractivity (Wildman–Crippen MR) is 99.8 cm³/mol. The van der Waals surface area contributed by atoms with E-state index in [9.17, 15) is 0 Å². The molecule has 1 aromatic carbocycles. The van der Waals surface area contributed by atoms with Crippen molar-refractivity contribution < 1.29 is 0 Å². The first-order valence-corrected chi connectivity index (χ1v) is 10.5. The van der Waals surface area contributed by atoms with Crippen molar-refractivity contribution >= 4 is 55.8 Å². The van der Waals surface area contributed by atoms with Gasteiger partial charge in [-0.2, -0.15) is 0 Å². The molecule has 1 saturated carbocycles. The molecule has 22 heavy (non-hydrogen) atoms. The molecule has 1 aliphatic carbocycles. The van der Waals surface area contributed by atoms with Crippen molar-refractivity contribution in [2.75, 3.05) is 19.3 Å². The molecular weight excluding hydrogens is 328 g/mol. The summed E-state index contributed by atoms with van der Waals surface area (Å²) < 4.78 is 1.43. The van der Waals surface area contributed by atoms with Gasteiger partial charge in [0.25, 0.3) is 0 Å². The lowest BCUT2D eigenvalue weighted by molar-refractivity contribution is 0.647. The van der Waals surface area contributed by atoms with Gasteiger partial charge in [0.15, 0.2) is 5.17 Å². The number of aliphatic imine (C=N–C) groups is 1. The van der Waals surface area contributed by atoms with Gasteiger partial charge < -0.3 is 4.90 Å². The van der Waals surface area contributed by atoms with E-state index in [2.05, 4.69) is 40.4 Å². The topological polar surface area (TPSA) is 15.6 Å². The Morgan fingerprint density at radius 2 is 2.23 bits per heavy atom. The van der Waals surface area contributed by atoms with Gasteiger partial charge in [0, 0.05) is 21.0 Å². The van der Waals surface area contributed by atoms with E-state index in [1.807, 2.05) is 34.9 Å². The van der Waals surface area contributed by atoms with Gasteiger partial charge in [-0.25, -0.2) is 0 Å². The molecule has 0 bridgehead atoms. The van der Waals surface area contributed by atoms with E-state index in [-0.39, 0.29) is 0 Å². The van der Waals surface area contributed by atoms with E-state index in [0.717, 1.165) is 19.0 Å². The average molecular weight is 345 g/mol. The summed E-state index contributed by atoms with van der Waals surface area (Å²) in [6.45, 7) is 2.00. The van der Waals surface area contributed by atoms with Crippen LogP contribution in [0.1, 0.15) is 17.7 Å². The maximum atomic E-state index is 4.69. The van der Waals surface area contributed by atoms with E-state index in [4.69, 9.17) is 0 Å². The Balaban J connectivity index is 1.69. The third kappa shape index (κ3) is 1.99. The van der Waals surface area contributed by atoms with Crippen LogP contribution in [0.15, 0.2) is 39.1 Å². The Kier molecular flexibility index (Phi) is 3.10. The number of thiophene rings is 1. The summed E-state index contributed by atoms with van der Waals surface area (Å²) in [5.41, 5.74) is 1.47. The molecule has 2 nitrogen and oxygen atoms in total. The molecule has 0 unspecified atom stereocenters. The van der Waals surface area contributed by atoms with Crippen LogP contribution >= 0.6 is 34.9 Å². The number of amidine groups is 1. The van der Waals surface area contributed by atoms with Gasteiger partial charge in [0.1, 0.15) is 0 Å². The van der Waals surface area contributed by atoms with E-state index in [1.165, 1.54) is 43.6 Å². The van der Waals surface area contributed by atoms with Crippen molar-refractivity contribution in [1.29, 1.82) is 0 Å². The van der Waals surface area contributed by atoms with Crippen LogP contribution < -0.4 is 0 Å². The molecule has 1 fully saturated rings. The molecule has 0 spiro atoms. The molecular formula is C17H16N2S3. The highest BCUT2D eigenvalue weighted by Gasteiger charge is 2.40. The lowest BCUT2D eigenvalue weighted by Crippen LogP contribution is -2.19. The number of fused-ring (bicyclic) bond motifs is 2. The van der Waals surface area contributed by atoms with Crippen LogP contribution in [-0.2, 0) is 0 Å². The first-order valence-electron chi connectivity index (χ1n) is 7.66. The van der Waals surface area contributed by atoms with Crippen molar-refractivity contribution in [3.63, 3.8) is 0 Å². The van der Waals surface area contributed by atoms with Gasteiger partial charge >= 0.3 is 0 Å². The third-order valence-corrected chi connectivity index (χ3v) is 7.79. The van der Waals surface area contributed by atoms with Crippen LogP contribution in [0.2, 0.25) is 0 Å². The van der Waals surface area contributed by atoms with Crippen LogP contribution in [0, 0.1) is 5.92 Å². The van der Waals surface area contributed by atoms with Crippen molar-refractivity contribution in [3.8, 4) is 0 Å². The van der Waals surface area contributed by atoms with Gasteiger partial charge in [0.05, 0.1) is 17.1 Å². The lowest BCUT2D eigenvalue weighted by atomic mass is 10.2. The van der Waals surface area contributed by atoms with Crippen molar-refractivity contribution in [2.24, 2.45) is 10.9 Å². The third-order valence-electron chi connectivity index (χ3n) is 4.42. The molecule has 3 aliphatic rings. The number of nitrogens with zero attached hydrogens (tertiary/aromatic N) is 2. The number of benzene rings is 1. The Hall–Kier alpha value is -0.910. The van der Waals surface area contributed by atoms with E-state index in [0.29, 0.717) is 0 Å². The van der Waals surface area contributed by atoms with Gasteiger partial charge in [-0.1, -0.05) is 23.9 Å². The number of rotatable bonds is 3. The second kappa shape index (κ2) is 5.05. The molecule has 2 aromatic rings. The van der Waals surface area contributed by atoms with Gasteiger partial charge in [-0.3, -0.25) is 4.99 Å². The molecule has 1 aromatic heterocycles. The normalized spacial score (nSPS) is 21.0. The molecule has 112 valence electrons. The maximum absolute atomic E-state index is 4.69. The fourth-order valence-corrected chi connectivity index (χ4v) is 6.65. The predicted octanol–water partition coefficient (Wildman–Crippen LogP) is 5.12. The first kappa shape index (κ1) is 13.5. The van der Waals surface area contributed by atoms with Gasteiger partial charge in [0.2, 0.25) is 0 Å². The number of thioether (sulfide) groups is 2. The summed E-state index contributed by atoms with van der Waals surface area (Å²) in [6.07, 6.45) is 4.88. The molecule has 5 heteroatoms. The Labute approximate surface area is 142 Å². The minimum Gasteiger partial charge on any atom is -0.317 e. The molecule has 0 saturated heterocycles. The van der Waals surface area contributed by atoms with Crippen molar-refractivity contribution in [3.05, 3.63) is 34.0 Å². The SMILES string of the molecule is CSc1cccc2cc(C3=C(C4CC4)SC4=NCCN43)sc12. The van der Waals surface area contributed by atoms with Crippen LogP contribution in [0.4, 0.5) is 0 Å². The zero-order chi connectivity index (χ0) is 14.7. The summed E-state index contributed by atoms with van der Waals surface area (Å²) in [5, 5.41) is 2.61. The fraction of sp³-hybridized carbons (Fsp3) is 0.353. The lowest BCUT2D eigenvalue weighted by Gasteiger charge is -2.15. The molecule has 2 aliphatic heterocycles. The smallest absolute Gasteiger partial charge is 0.168 e. The minimum atomic E-state index is 0.790. The van der Waals surface area contributed by atoms with E-state index in [1.54, 1.807) is 4.91 Å². The Morgan fingerprint density at radius 1 is 1.32 bits per heavy atom. The standard InChI is InChI=1S/C17H16N2S3/c1-20-12-4-2-3-11-9-13(21-15(11)12)14-16(10-5-6-10)22-17-18-7-8-19(14)17/h2-4,9-10H,5-8H2,1H3. The molecule has 5 rings (SSSR count). The fourth-order valence-electron chi connectivity index (χ4n) is 3.19. The molecule has 0 N–H and O–H groups in total. The van der Waals surface area contributed by atoms with Crippen molar-refractivity contribution in [2.45, 2.75) is 17.7 Å². The quantitative estimate of drug-likeness (QED) is 0.719. The highest BCUT2D eigenvalue weighted by atomic mass is 32.2. The second-order valence-electron chi connectivity index (χ2n) is 5.89. The highest BCUT2D eigenvalue weighted by Crippen LogP contribution is 2.54. The Bertz CT molecular complexity index is 830.